The van der Waals surface area contributed by atoms with Crippen molar-refractivity contribution in [1.29, 1.82) is 0 Å². The zero-order valence-electron chi connectivity index (χ0n) is 34.3. The van der Waals surface area contributed by atoms with E-state index in [2.05, 4.69) is 20.8 Å². The van der Waals surface area contributed by atoms with Gasteiger partial charge in [-0.25, -0.2) is 19.4 Å². The largest absolute Gasteiger partial charge is 0.497 e. The zero-order valence-corrected chi connectivity index (χ0v) is 36.7. The Morgan fingerprint density at radius 3 is 2.15 bits per heavy atom. The molecule has 2 aliphatic heterocycles. The molecule has 3 amide bonds. The van der Waals surface area contributed by atoms with Crippen molar-refractivity contribution in [3.05, 3.63) is 123 Å². The van der Waals surface area contributed by atoms with Gasteiger partial charge in [-0.2, -0.15) is 0 Å². The van der Waals surface area contributed by atoms with E-state index in [4.69, 9.17) is 35.4 Å². The first-order valence-corrected chi connectivity index (χ1v) is 21.2. The van der Waals surface area contributed by atoms with Crippen LogP contribution in [0.3, 0.4) is 0 Å². The number of thiazole rings is 1. The molecule has 15 nitrogen and oxygen atoms in total. The number of rotatable bonds is 14. The number of nitrogens with one attached hydrogen (secondary N) is 2. The number of ether oxygens (including phenoxy) is 4. The molecule has 0 spiro atoms. The SMILES string of the molecule is COc1ccc(COC(=O)C2=C(Cl)C(C)S[C@@H]3[C@H](NC(=O)C(=NOC(C)(C)C(=O)OC(c4ccccc4)c4ccccc4)c4csc(NC(=O)OC(C)(C)C)n4)C(=O)N23)cc1. The highest BCUT2D eigenvalue weighted by Crippen LogP contribution is 2.45. The molecule has 3 heterocycles. The van der Waals surface area contributed by atoms with E-state index >= 15 is 0 Å². The first-order valence-electron chi connectivity index (χ1n) is 19.0. The van der Waals surface area contributed by atoms with Crippen LogP contribution in [0.25, 0.3) is 0 Å². The number of aromatic nitrogens is 1. The van der Waals surface area contributed by atoms with Gasteiger partial charge in [0.05, 0.1) is 12.1 Å². The van der Waals surface area contributed by atoms with E-state index in [1.54, 1.807) is 59.1 Å². The molecular formula is C43H44ClN5O10S2. The van der Waals surface area contributed by atoms with Crippen molar-refractivity contribution in [2.24, 2.45) is 5.16 Å². The molecular weight excluding hydrogens is 846 g/mol. The Kier molecular flexibility index (Phi) is 13.7. The third kappa shape index (κ3) is 10.7. The first kappa shape index (κ1) is 44.6. The summed E-state index contributed by atoms with van der Waals surface area (Å²) in [7, 11) is 1.54. The molecule has 3 aromatic carbocycles. The number of thioether (sulfide) groups is 1. The van der Waals surface area contributed by atoms with E-state index in [9.17, 15) is 24.0 Å². The van der Waals surface area contributed by atoms with Crippen LogP contribution >= 0.6 is 34.7 Å². The van der Waals surface area contributed by atoms with Crippen LogP contribution in [0.4, 0.5) is 9.93 Å². The smallest absolute Gasteiger partial charge is 0.413 e. The van der Waals surface area contributed by atoms with E-state index in [1.807, 2.05) is 60.7 Å². The van der Waals surface area contributed by atoms with Gasteiger partial charge in [-0.15, -0.1) is 23.1 Å². The normalized spacial score (nSPS) is 17.8. The van der Waals surface area contributed by atoms with Crippen LogP contribution in [-0.4, -0.2) is 80.4 Å². The van der Waals surface area contributed by atoms with Crippen LogP contribution in [0, 0.1) is 0 Å². The van der Waals surface area contributed by atoms with E-state index in [0.29, 0.717) is 22.4 Å². The minimum Gasteiger partial charge on any atom is -0.497 e. The molecule has 0 aliphatic carbocycles. The summed E-state index contributed by atoms with van der Waals surface area (Å²) in [5.41, 5.74) is -1.05. The maximum Gasteiger partial charge on any atom is 0.413 e. The molecule has 320 valence electrons. The van der Waals surface area contributed by atoms with Crippen LogP contribution in [0.15, 0.2) is 106 Å². The predicted molar refractivity (Wildman–Crippen MR) is 230 cm³/mol. The molecule has 18 heteroatoms. The molecule has 0 saturated carbocycles. The Balaban J connectivity index is 1.22. The third-order valence-electron chi connectivity index (χ3n) is 9.08. The number of halogens is 1. The van der Waals surface area contributed by atoms with Gasteiger partial charge in [-0.3, -0.25) is 19.8 Å². The molecule has 1 unspecified atom stereocenters. The van der Waals surface area contributed by atoms with Gasteiger partial charge in [-0.1, -0.05) is 89.6 Å². The number of benzene rings is 3. The number of oxime groups is 1. The van der Waals surface area contributed by atoms with Crippen molar-refractivity contribution in [3.8, 4) is 5.75 Å². The lowest BCUT2D eigenvalue weighted by Gasteiger charge is -2.50. The minimum absolute atomic E-state index is 0.0526. The van der Waals surface area contributed by atoms with Gasteiger partial charge in [0.2, 0.25) is 5.60 Å². The fraction of sp³-hybridized carbons (Fsp3) is 0.326. The molecule has 1 fully saturated rings. The van der Waals surface area contributed by atoms with Crippen LogP contribution in [-0.2, 0) is 44.8 Å². The summed E-state index contributed by atoms with van der Waals surface area (Å²) in [6, 6.07) is 24.1. The first-order chi connectivity index (χ1) is 29.0. The summed E-state index contributed by atoms with van der Waals surface area (Å²) >= 11 is 8.84. The Morgan fingerprint density at radius 1 is 0.934 bits per heavy atom. The molecule has 1 saturated heterocycles. The zero-order chi connectivity index (χ0) is 44.1. The van der Waals surface area contributed by atoms with Gasteiger partial charge in [0.15, 0.2) is 16.9 Å². The van der Waals surface area contributed by atoms with Gasteiger partial charge < -0.3 is 29.1 Å². The Hall–Kier alpha value is -5.91. The molecule has 61 heavy (non-hydrogen) atoms. The lowest BCUT2D eigenvalue weighted by molar-refractivity contribution is -0.172. The fourth-order valence-electron chi connectivity index (χ4n) is 5.96. The Bertz CT molecular complexity index is 2290. The van der Waals surface area contributed by atoms with Gasteiger partial charge in [0, 0.05) is 10.6 Å². The topological polar surface area (TPSA) is 184 Å². The van der Waals surface area contributed by atoms with E-state index in [-0.39, 0.29) is 28.2 Å². The minimum atomic E-state index is -1.76. The van der Waals surface area contributed by atoms with Gasteiger partial charge in [0.25, 0.3) is 11.8 Å². The summed E-state index contributed by atoms with van der Waals surface area (Å²) in [4.78, 5) is 79.1. The average molecular weight is 890 g/mol. The number of β-lactam (4-membered cyclic amide) rings is 1. The van der Waals surface area contributed by atoms with Crippen molar-refractivity contribution in [2.45, 2.75) is 82.1 Å². The number of nitrogens with zero attached hydrogens (tertiary/aromatic N) is 3. The van der Waals surface area contributed by atoms with Crippen LogP contribution in [0.5, 0.6) is 5.75 Å². The third-order valence-corrected chi connectivity index (χ3v) is 11.9. The molecule has 3 atom stereocenters. The number of anilines is 1. The van der Waals surface area contributed by atoms with Crippen molar-refractivity contribution in [1.82, 2.24) is 15.2 Å². The summed E-state index contributed by atoms with van der Waals surface area (Å²) in [5.74, 6) is -2.51. The van der Waals surface area contributed by atoms with Crippen molar-refractivity contribution in [2.75, 3.05) is 12.4 Å². The highest BCUT2D eigenvalue weighted by molar-refractivity contribution is 8.01. The molecule has 0 bridgehead atoms. The highest BCUT2D eigenvalue weighted by atomic mass is 35.5. The van der Waals surface area contributed by atoms with Gasteiger partial charge >= 0.3 is 18.0 Å². The van der Waals surface area contributed by atoms with E-state index in [1.165, 1.54) is 35.9 Å². The Morgan fingerprint density at radius 2 is 1.56 bits per heavy atom. The second-order valence-electron chi connectivity index (χ2n) is 15.3. The molecule has 2 aliphatic rings. The van der Waals surface area contributed by atoms with Crippen molar-refractivity contribution in [3.63, 3.8) is 0 Å². The summed E-state index contributed by atoms with van der Waals surface area (Å²) in [6.45, 7) is 9.63. The summed E-state index contributed by atoms with van der Waals surface area (Å²) in [6.07, 6.45) is -1.57. The second-order valence-corrected chi connectivity index (χ2v) is 18.0. The number of hydrogen-bond acceptors (Lipinski definition) is 14. The molecule has 6 rings (SSSR count). The van der Waals surface area contributed by atoms with Crippen LogP contribution in [0.1, 0.15) is 70.0 Å². The lowest BCUT2D eigenvalue weighted by Crippen LogP contribution is -2.71. The number of carbonyl (C=O) groups excluding carboxylic acids is 5. The van der Waals surface area contributed by atoms with Crippen LogP contribution < -0.4 is 15.4 Å². The number of esters is 2. The standard InChI is InChI=1S/C43H44ClN5O10S2/c1-24-30(44)33(38(52)56-22-25-18-20-28(55-7)21-19-25)49-36(51)32(37(49)61-24)46-35(50)31(29-23-60-40(45-29)47-41(54)58-42(2,3)4)48-59-43(5,6)39(53)57-34(26-14-10-8-11-15-26)27-16-12-9-13-17-27/h8-21,23-24,32,34,37H,22H2,1-7H3,(H,46,50)(H,45,47,54)/t24?,32-,37-/m1/s1. The molecule has 4 aromatic rings. The second kappa shape index (κ2) is 18.8. The van der Waals surface area contributed by atoms with Gasteiger partial charge in [0.1, 0.15) is 40.8 Å². The molecule has 0 radical (unpaired) electrons. The summed E-state index contributed by atoms with van der Waals surface area (Å²) in [5, 5.41) is 9.78. The maximum absolute atomic E-state index is 14.2. The summed E-state index contributed by atoms with van der Waals surface area (Å²) < 4.78 is 22.1. The molecule has 2 N–H and O–H groups in total. The van der Waals surface area contributed by atoms with Crippen molar-refractivity contribution < 1.29 is 47.8 Å². The Labute approximate surface area is 365 Å². The quantitative estimate of drug-likeness (QED) is 0.0424. The number of amides is 3. The monoisotopic (exact) mass is 889 g/mol. The average Bonchev–Trinajstić information content (AvgIpc) is 3.69. The van der Waals surface area contributed by atoms with E-state index < -0.39 is 69.5 Å². The number of fused-ring (bicyclic) bond motifs is 1. The number of methoxy groups -OCH3 is 1. The number of hydrogen-bond donors (Lipinski definition) is 2. The number of carbonyl (C=O) groups is 5. The van der Waals surface area contributed by atoms with Crippen LogP contribution in [0.2, 0.25) is 0 Å². The fourth-order valence-corrected chi connectivity index (χ4v) is 8.29. The van der Waals surface area contributed by atoms with Crippen molar-refractivity contribution >= 4 is 75.4 Å². The predicted octanol–water partition coefficient (Wildman–Crippen LogP) is 7.31. The lowest BCUT2D eigenvalue weighted by atomic mass is 10.0. The van der Waals surface area contributed by atoms with E-state index in [0.717, 1.165) is 11.3 Å². The molecule has 1 aromatic heterocycles. The maximum atomic E-state index is 14.2. The highest BCUT2D eigenvalue weighted by Gasteiger charge is 2.56. The van der Waals surface area contributed by atoms with Gasteiger partial charge in [-0.05, 0) is 70.4 Å².